The second kappa shape index (κ2) is 8.89. The van der Waals surface area contributed by atoms with Crippen LogP contribution in [0.25, 0.3) is 5.69 Å². The highest BCUT2D eigenvalue weighted by atomic mass is 19.1. The molecule has 29 heavy (non-hydrogen) atoms. The number of anilines is 1. The van der Waals surface area contributed by atoms with Crippen LogP contribution in [-0.4, -0.2) is 40.7 Å². The zero-order valence-corrected chi connectivity index (χ0v) is 16.7. The number of fused-ring (bicyclic) bond motifs is 1. The minimum absolute atomic E-state index is 0.0116. The van der Waals surface area contributed by atoms with Crippen molar-refractivity contribution in [3.8, 4) is 5.69 Å². The summed E-state index contributed by atoms with van der Waals surface area (Å²) >= 11 is 0. The normalized spacial score (nSPS) is 15.4. The van der Waals surface area contributed by atoms with E-state index in [0.29, 0.717) is 18.5 Å². The molecule has 0 radical (unpaired) electrons. The van der Waals surface area contributed by atoms with Crippen LogP contribution in [0, 0.1) is 5.82 Å². The molecule has 8 heteroatoms. The molecular formula is C21H24FN3O4. The lowest BCUT2D eigenvalue weighted by Gasteiger charge is -2.36. The minimum Gasteiger partial charge on any atom is -0.462 e. The molecule has 0 amide bonds. The Morgan fingerprint density at radius 3 is 2.52 bits per heavy atom. The van der Waals surface area contributed by atoms with E-state index in [0.717, 1.165) is 11.3 Å². The lowest BCUT2D eigenvalue weighted by Crippen LogP contribution is -2.35. The molecule has 1 aliphatic rings. The number of hydrogen-bond acceptors (Lipinski definition) is 6. The molecule has 2 aromatic rings. The molecule has 2 heterocycles. The summed E-state index contributed by atoms with van der Waals surface area (Å²) in [5.74, 6) is -1.86. The number of halogens is 1. The van der Waals surface area contributed by atoms with Crippen molar-refractivity contribution >= 4 is 17.6 Å². The molecule has 3 rings (SSSR count). The van der Waals surface area contributed by atoms with Crippen LogP contribution in [0.15, 0.2) is 42.6 Å². The van der Waals surface area contributed by atoms with E-state index in [9.17, 15) is 14.0 Å². The average molecular weight is 401 g/mol. The molecule has 1 aliphatic heterocycles. The van der Waals surface area contributed by atoms with E-state index in [2.05, 4.69) is 4.98 Å². The first kappa shape index (κ1) is 20.6. The molecule has 1 unspecified atom stereocenters. The van der Waals surface area contributed by atoms with Crippen molar-refractivity contribution < 1.29 is 23.5 Å². The van der Waals surface area contributed by atoms with Crippen LogP contribution < -0.4 is 4.90 Å². The Morgan fingerprint density at radius 2 is 1.93 bits per heavy atom. The highest BCUT2D eigenvalue weighted by Gasteiger charge is 2.29. The first-order valence-corrected chi connectivity index (χ1v) is 9.62. The van der Waals surface area contributed by atoms with E-state index < -0.39 is 11.9 Å². The number of benzene rings is 1. The molecule has 0 bridgehead atoms. The minimum atomic E-state index is -0.748. The number of hydrogen-bond donors (Lipinski definition) is 0. The molecule has 0 aliphatic carbocycles. The molecule has 1 aromatic heterocycles. The summed E-state index contributed by atoms with van der Waals surface area (Å²) in [4.78, 5) is 30.6. The fourth-order valence-corrected chi connectivity index (χ4v) is 3.43. The molecule has 0 saturated carbocycles. The Labute approximate surface area is 168 Å². The molecule has 154 valence electrons. The number of carbonyl (C=O) groups excluding carboxylic acids is 2. The summed E-state index contributed by atoms with van der Waals surface area (Å²) in [6, 6.07) is 3.02. The first-order chi connectivity index (χ1) is 14.0. The molecule has 7 nitrogen and oxygen atoms in total. The SMILES string of the molecule is CCOC(=O)C(=CN1c2ccc(F)c(-n3ccnc3)c2CCC1C)C(=O)OCC. The van der Waals surface area contributed by atoms with Crippen molar-refractivity contribution in [3.05, 3.63) is 54.0 Å². The molecular weight excluding hydrogens is 377 g/mol. The standard InChI is InChI=1S/C21H24FN3O4/c1-4-28-20(26)16(21(27)29-5-2)12-25-14(3)6-7-15-18(25)9-8-17(22)19(15)24-11-10-23-13-24/h8-14H,4-7H2,1-3H3. The molecule has 0 saturated heterocycles. The maximum atomic E-state index is 14.7. The quantitative estimate of drug-likeness (QED) is 0.320. The predicted octanol–water partition coefficient (Wildman–Crippen LogP) is 3.16. The fraction of sp³-hybridized carbons (Fsp3) is 0.381. The van der Waals surface area contributed by atoms with Crippen molar-refractivity contribution in [2.75, 3.05) is 18.1 Å². The van der Waals surface area contributed by atoms with Gasteiger partial charge in [0.1, 0.15) is 5.82 Å². The summed E-state index contributed by atoms with van der Waals surface area (Å²) in [7, 11) is 0. The average Bonchev–Trinajstić information content (AvgIpc) is 3.21. The Morgan fingerprint density at radius 1 is 1.24 bits per heavy atom. The van der Waals surface area contributed by atoms with E-state index in [-0.39, 0.29) is 30.6 Å². The Bertz CT molecular complexity index is 904. The van der Waals surface area contributed by atoms with E-state index in [1.165, 1.54) is 12.3 Å². The van der Waals surface area contributed by atoms with Gasteiger partial charge in [-0.25, -0.2) is 19.0 Å². The highest BCUT2D eigenvalue weighted by molar-refractivity contribution is 6.14. The summed E-state index contributed by atoms with van der Waals surface area (Å²) < 4.78 is 26.3. The van der Waals surface area contributed by atoms with E-state index in [4.69, 9.17) is 9.47 Å². The Hall–Kier alpha value is -3.16. The first-order valence-electron chi connectivity index (χ1n) is 9.62. The third kappa shape index (κ3) is 4.16. The monoisotopic (exact) mass is 401 g/mol. The zero-order chi connectivity index (χ0) is 21.0. The number of rotatable bonds is 6. The largest absolute Gasteiger partial charge is 0.462 e. The van der Waals surface area contributed by atoms with Gasteiger partial charge < -0.3 is 18.9 Å². The van der Waals surface area contributed by atoms with Crippen molar-refractivity contribution in [1.82, 2.24) is 9.55 Å². The van der Waals surface area contributed by atoms with Crippen molar-refractivity contribution in [2.45, 2.75) is 39.7 Å². The van der Waals surface area contributed by atoms with Gasteiger partial charge in [0.2, 0.25) is 0 Å². The summed E-state index contributed by atoms with van der Waals surface area (Å²) in [5, 5.41) is 0. The van der Waals surface area contributed by atoms with Gasteiger partial charge in [0.05, 0.1) is 25.2 Å². The zero-order valence-electron chi connectivity index (χ0n) is 16.7. The van der Waals surface area contributed by atoms with Crippen LogP contribution in [0.2, 0.25) is 0 Å². The number of nitrogens with zero attached hydrogens (tertiary/aromatic N) is 3. The van der Waals surface area contributed by atoms with Crippen LogP contribution in [-0.2, 0) is 25.5 Å². The Balaban J connectivity index is 2.11. The third-order valence-corrected chi connectivity index (χ3v) is 4.80. The third-order valence-electron chi connectivity index (χ3n) is 4.80. The van der Waals surface area contributed by atoms with Gasteiger partial charge in [-0.15, -0.1) is 0 Å². The molecule has 0 spiro atoms. The topological polar surface area (TPSA) is 73.7 Å². The Kier molecular flexibility index (Phi) is 6.31. The van der Waals surface area contributed by atoms with Gasteiger partial charge in [-0.1, -0.05) is 0 Å². The maximum Gasteiger partial charge on any atom is 0.347 e. The number of esters is 2. The maximum absolute atomic E-state index is 14.7. The van der Waals surface area contributed by atoms with Gasteiger partial charge in [-0.2, -0.15) is 0 Å². The molecule has 0 N–H and O–H groups in total. The van der Waals surface area contributed by atoms with Crippen LogP contribution in [0.4, 0.5) is 10.1 Å². The van der Waals surface area contributed by atoms with E-state index >= 15 is 0 Å². The van der Waals surface area contributed by atoms with E-state index in [1.807, 2.05) is 11.8 Å². The smallest absolute Gasteiger partial charge is 0.347 e. The molecule has 1 atom stereocenters. The van der Waals surface area contributed by atoms with Gasteiger partial charge >= 0.3 is 11.9 Å². The van der Waals surface area contributed by atoms with Crippen LogP contribution >= 0.6 is 0 Å². The summed E-state index contributed by atoms with van der Waals surface area (Å²) in [6.45, 7) is 5.59. The van der Waals surface area contributed by atoms with Crippen LogP contribution in [0.3, 0.4) is 0 Å². The van der Waals surface area contributed by atoms with Crippen molar-refractivity contribution in [1.29, 1.82) is 0 Å². The van der Waals surface area contributed by atoms with E-state index in [1.54, 1.807) is 43.2 Å². The van der Waals surface area contributed by atoms with Gasteiger partial charge in [0.25, 0.3) is 0 Å². The van der Waals surface area contributed by atoms with Crippen LogP contribution in [0.5, 0.6) is 0 Å². The number of imidazole rings is 1. The number of ether oxygens (including phenoxy) is 2. The fourth-order valence-electron chi connectivity index (χ4n) is 3.43. The second-order valence-electron chi connectivity index (χ2n) is 6.64. The van der Waals surface area contributed by atoms with Gasteiger partial charge in [-0.05, 0) is 45.7 Å². The lowest BCUT2D eigenvalue weighted by atomic mass is 9.94. The van der Waals surface area contributed by atoms with Crippen molar-refractivity contribution in [2.24, 2.45) is 0 Å². The number of aromatic nitrogens is 2. The second-order valence-corrected chi connectivity index (χ2v) is 6.64. The summed E-state index contributed by atoms with van der Waals surface area (Å²) in [6.07, 6.45) is 7.63. The molecule has 1 aromatic carbocycles. The van der Waals surface area contributed by atoms with Crippen molar-refractivity contribution in [3.63, 3.8) is 0 Å². The van der Waals surface area contributed by atoms with Gasteiger partial charge in [-0.3, -0.25) is 0 Å². The number of carbonyl (C=O) groups is 2. The van der Waals surface area contributed by atoms with Crippen LogP contribution in [0.1, 0.15) is 32.8 Å². The summed E-state index contributed by atoms with van der Waals surface area (Å²) in [5.41, 5.74) is 1.73. The predicted molar refractivity (Wildman–Crippen MR) is 105 cm³/mol. The van der Waals surface area contributed by atoms with Gasteiger partial charge in [0.15, 0.2) is 5.57 Å². The van der Waals surface area contributed by atoms with Gasteiger partial charge in [0, 0.05) is 35.9 Å². The lowest BCUT2D eigenvalue weighted by molar-refractivity contribution is -0.146. The highest BCUT2D eigenvalue weighted by Crippen LogP contribution is 2.36. The molecule has 0 fully saturated rings.